The average Bonchev–Trinajstić information content (AvgIpc) is 2.19. The minimum absolute atomic E-state index is 0.153. The molecule has 60 valence electrons. The lowest BCUT2D eigenvalue weighted by Gasteiger charge is -1.98. The van der Waals surface area contributed by atoms with Gasteiger partial charge >= 0.3 is 0 Å². The van der Waals surface area contributed by atoms with Crippen molar-refractivity contribution in [3.05, 3.63) is 11.9 Å². The van der Waals surface area contributed by atoms with Gasteiger partial charge in [0.15, 0.2) is 0 Å². The first kappa shape index (κ1) is 8.41. The predicted octanol–water partition coefficient (Wildman–Crippen LogP) is 1.73. The first-order valence-corrected chi connectivity index (χ1v) is 5.19. The van der Waals surface area contributed by atoms with Crippen LogP contribution in [0.15, 0.2) is 11.9 Å². The molecule has 1 aliphatic rings. The SMILES string of the molecule is CC=CP1(=O)C(=O)CCC1=O. The highest BCUT2D eigenvalue weighted by atomic mass is 31.2. The van der Waals surface area contributed by atoms with Gasteiger partial charge in [0.1, 0.15) is 0 Å². The van der Waals surface area contributed by atoms with Crippen LogP contribution in [0.3, 0.4) is 0 Å². The van der Waals surface area contributed by atoms with Gasteiger partial charge in [0.05, 0.1) is 0 Å². The van der Waals surface area contributed by atoms with Crippen LogP contribution in [0.4, 0.5) is 0 Å². The first-order valence-electron chi connectivity index (χ1n) is 3.41. The second-order valence-electron chi connectivity index (χ2n) is 2.43. The summed E-state index contributed by atoms with van der Waals surface area (Å²) in [4.78, 5) is 21.9. The molecule has 0 aliphatic carbocycles. The Balaban J connectivity index is 3.09. The molecule has 0 amide bonds. The third-order valence-corrected chi connectivity index (χ3v) is 4.30. The molecule has 1 heterocycles. The summed E-state index contributed by atoms with van der Waals surface area (Å²) >= 11 is 0. The van der Waals surface area contributed by atoms with Gasteiger partial charge in [0.2, 0.25) is 18.2 Å². The van der Waals surface area contributed by atoms with Gasteiger partial charge in [-0.25, -0.2) is 0 Å². The van der Waals surface area contributed by atoms with Crippen molar-refractivity contribution in [2.45, 2.75) is 19.8 Å². The zero-order valence-corrected chi connectivity index (χ0v) is 7.14. The van der Waals surface area contributed by atoms with E-state index in [1.165, 1.54) is 11.9 Å². The van der Waals surface area contributed by atoms with Crippen molar-refractivity contribution in [3.8, 4) is 0 Å². The van der Waals surface area contributed by atoms with Crippen molar-refractivity contribution in [2.75, 3.05) is 0 Å². The topological polar surface area (TPSA) is 51.2 Å². The summed E-state index contributed by atoms with van der Waals surface area (Å²) in [5.74, 6) is 1.25. The van der Waals surface area contributed by atoms with E-state index < -0.39 is 7.14 Å². The van der Waals surface area contributed by atoms with Crippen molar-refractivity contribution in [1.82, 2.24) is 0 Å². The summed E-state index contributed by atoms with van der Waals surface area (Å²) in [6, 6.07) is 0. The van der Waals surface area contributed by atoms with Crippen molar-refractivity contribution in [1.29, 1.82) is 0 Å². The molecule has 0 aromatic rings. The Bertz CT molecular complexity index is 257. The summed E-state index contributed by atoms with van der Waals surface area (Å²) in [6.07, 6.45) is 1.81. The van der Waals surface area contributed by atoms with Crippen LogP contribution in [0.2, 0.25) is 0 Å². The maximum absolute atomic E-state index is 11.5. The van der Waals surface area contributed by atoms with E-state index >= 15 is 0 Å². The van der Waals surface area contributed by atoms with Gasteiger partial charge in [-0.1, -0.05) is 6.08 Å². The lowest BCUT2D eigenvalue weighted by molar-refractivity contribution is -0.112. The normalized spacial score (nSPS) is 23.4. The Labute approximate surface area is 64.8 Å². The van der Waals surface area contributed by atoms with E-state index in [4.69, 9.17) is 0 Å². The van der Waals surface area contributed by atoms with Gasteiger partial charge in [0.25, 0.3) is 0 Å². The van der Waals surface area contributed by atoms with Gasteiger partial charge in [-0.05, 0) is 12.7 Å². The molecule has 1 rings (SSSR count). The second-order valence-corrected chi connectivity index (χ2v) is 5.04. The Morgan fingerprint density at radius 2 is 1.73 bits per heavy atom. The molecular weight excluding hydrogens is 163 g/mol. The molecule has 0 bridgehead atoms. The summed E-state index contributed by atoms with van der Waals surface area (Å²) in [6.45, 7) is 1.65. The lowest BCUT2D eigenvalue weighted by atomic mass is 10.4. The van der Waals surface area contributed by atoms with Crippen molar-refractivity contribution >= 4 is 18.2 Å². The third kappa shape index (κ3) is 1.21. The van der Waals surface area contributed by atoms with Crippen LogP contribution in [0.5, 0.6) is 0 Å². The Morgan fingerprint density at radius 3 is 2.09 bits per heavy atom. The third-order valence-electron chi connectivity index (χ3n) is 1.65. The molecule has 3 nitrogen and oxygen atoms in total. The molecule has 0 unspecified atom stereocenters. The molecule has 0 aromatic heterocycles. The van der Waals surface area contributed by atoms with Gasteiger partial charge in [-0.3, -0.25) is 9.59 Å². The van der Waals surface area contributed by atoms with Crippen LogP contribution >= 0.6 is 7.14 Å². The zero-order chi connectivity index (χ0) is 8.48. The lowest BCUT2D eigenvalue weighted by Crippen LogP contribution is -1.92. The summed E-state index contributed by atoms with van der Waals surface area (Å²) in [5, 5.41) is 0. The van der Waals surface area contributed by atoms with Gasteiger partial charge in [-0.15, -0.1) is 0 Å². The summed E-state index contributed by atoms with van der Waals surface area (Å²) < 4.78 is 11.5. The van der Waals surface area contributed by atoms with Crippen LogP contribution in [0.1, 0.15) is 19.8 Å². The van der Waals surface area contributed by atoms with Gasteiger partial charge in [0, 0.05) is 12.8 Å². The Hall–Kier alpha value is -0.690. The van der Waals surface area contributed by atoms with Crippen LogP contribution in [-0.4, -0.2) is 11.0 Å². The van der Waals surface area contributed by atoms with Crippen molar-refractivity contribution < 1.29 is 14.2 Å². The van der Waals surface area contributed by atoms with E-state index in [0.717, 1.165) is 0 Å². The van der Waals surface area contributed by atoms with Crippen molar-refractivity contribution in [3.63, 3.8) is 0 Å². The fourth-order valence-corrected chi connectivity index (χ4v) is 2.98. The zero-order valence-electron chi connectivity index (χ0n) is 6.24. The molecule has 0 radical (unpaired) electrons. The number of carbonyl (C=O) groups excluding carboxylic acids is 2. The monoisotopic (exact) mass is 172 g/mol. The van der Waals surface area contributed by atoms with E-state index in [9.17, 15) is 14.2 Å². The van der Waals surface area contributed by atoms with E-state index in [2.05, 4.69) is 0 Å². The molecule has 1 aliphatic heterocycles. The van der Waals surface area contributed by atoms with E-state index in [0.29, 0.717) is 0 Å². The van der Waals surface area contributed by atoms with Crippen molar-refractivity contribution in [2.24, 2.45) is 0 Å². The smallest absolute Gasteiger partial charge is 0.231 e. The maximum Gasteiger partial charge on any atom is 0.231 e. The van der Waals surface area contributed by atoms with Crippen LogP contribution in [0.25, 0.3) is 0 Å². The molecule has 0 atom stereocenters. The Kier molecular flexibility index (Phi) is 2.10. The molecule has 0 spiro atoms. The van der Waals surface area contributed by atoms with Gasteiger partial charge in [-0.2, -0.15) is 0 Å². The highest BCUT2D eigenvalue weighted by Gasteiger charge is 2.41. The van der Waals surface area contributed by atoms with Crippen LogP contribution in [0, 0.1) is 0 Å². The quantitative estimate of drug-likeness (QED) is 0.566. The molecule has 0 aromatic carbocycles. The number of rotatable bonds is 1. The largest absolute Gasteiger partial charge is 0.303 e. The predicted molar refractivity (Wildman–Crippen MR) is 41.7 cm³/mol. The van der Waals surface area contributed by atoms with E-state index in [1.54, 1.807) is 6.92 Å². The maximum atomic E-state index is 11.5. The number of allylic oxidation sites excluding steroid dienone is 1. The van der Waals surface area contributed by atoms with Crippen LogP contribution in [-0.2, 0) is 14.2 Å². The molecule has 4 heteroatoms. The number of hydrogen-bond donors (Lipinski definition) is 0. The van der Waals surface area contributed by atoms with E-state index in [-0.39, 0.29) is 23.9 Å². The minimum Gasteiger partial charge on any atom is -0.303 e. The minimum atomic E-state index is -3.21. The summed E-state index contributed by atoms with van der Waals surface area (Å²) in [7, 11) is -3.21. The molecule has 11 heavy (non-hydrogen) atoms. The molecule has 1 fully saturated rings. The molecular formula is C7H9O3P. The average molecular weight is 172 g/mol. The second kappa shape index (κ2) is 2.74. The summed E-state index contributed by atoms with van der Waals surface area (Å²) in [5.41, 5.74) is -0.777. The fourth-order valence-electron chi connectivity index (χ4n) is 1.06. The number of carbonyl (C=O) groups is 2. The first-order chi connectivity index (χ1) is 5.11. The fraction of sp³-hybridized carbons (Fsp3) is 0.429. The molecule has 0 N–H and O–H groups in total. The van der Waals surface area contributed by atoms with E-state index in [1.807, 2.05) is 0 Å². The number of hydrogen-bond acceptors (Lipinski definition) is 3. The molecule has 1 saturated heterocycles. The Morgan fingerprint density at radius 1 is 1.27 bits per heavy atom. The highest BCUT2D eigenvalue weighted by Crippen LogP contribution is 2.55. The highest BCUT2D eigenvalue weighted by molar-refractivity contribution is 7.97. The van der Waals surface area contributed by atoms with Gasteiger partial charge < -0.3 is 4.57 Å². The standard InChI is InChI=1S/C7H9O3P/c1-2-5-11(10)6(8)3-4-7(11)9/h2,5H,3-4H2,1H3. The van der Waals surface area contributed by atoms with Crippen LogP contribution < -0.4 is 0 Å². The molecule has 0 saturated carbocycles.